The standard InChI is InChI=1S/C21H30O2/c1-7-12-23-19-14-18-17(13-16(19)15(2)8-11-22)20(3,4)9-10-21(18,5)6/h8,11,13-14H,7,9-10,12H2,1-6H3/b15-8+. The van der Waals surface area contributed by atoms with Crippen molar-refractivity contribution in [3.8, 4) is 5.75 Å². The number of fused-ring (bicyclic) bond motifs is 1. The highest BCUT2D eigenvalue weighted by Crippen LogP contribution is 2.48. The van der Waals surface area contributed by atoms with E-state index >= 15 is 0 Å². The first kappa shape index (κ1) is 17.8. The monoisotopic (exact) mass is 314 g/mol. The number of ether oxygens (including phenoxy) is 1. The normalized spacial score (nSPS) is 19.1. The molecule has 23 heavy (non-hydrogen) atoms. The first-order valence-electron chi connectivity index (χ1n) is 8.67. The van der Waals surface area contributed by atoms with Gasteiger partial charge in [-0.3, -0.25) is 4.79 Å². The summed E-state index contributed by atoms with van der Waals surface area (Å²) < 4.78 is 6.02. The topological polar surface area (TPSA) is 26.3 Å². The van der Waals surface area contributed by atoms with Crippen molar-refractivity contribution in [1.29, 1.82) is 0 Å². The fraction of sp³-hybridized carbons (Fsp3) is 0.571. The van der Waals surface area contributed by atoms with Crippen LogP contribution in [0.15, 0.2) is 18.2 Å². The van der Waals surface area contributed by atoms with E-state index in [1.54, 1.807) is 6.08 Å². The molecule has 0 bridgehead atoms. The van der Waals surface area contributed by atoms with Gasteiger partial charge >= 0.3 is 0 Å². The van der Waals surface area contributed by atoms with Crippen LogP contribution in [-0.4, -0.2) is 12.9 Å². The fourth-order valence-electron chi connectivity index (χ4n) is 3.43. The van der Waals surface area contributed by atoms with E-state index in [9.17, 15) is 4.79 Å². The van der Waals surface area contributed by atoms with Gasteiger partial charge in [0.25, 0.3) is 0 Å². The average Bonchev–Trinajstić information content (AvgIpc) is 2.49. The van der Waals surface area contributed by atoms with Crippen molar-refractivity contribution in [3.05, 3.63) is 34.9 Å². The molecule has 1 aromatic rings. The highest BCUT2D eigenvalue weighted by Gasteiger charge is 2.38. The molecule has 1 aliphatic carbocycles. The first-order valence-corrected chi connectivity index (χ1v) is 8.67. The first-order chi connectivity index (χ1) is 10.7. The summed E-state index contributed by atoms with van der Waals surface area (Å²) in [5, 5.41) is 0. The van der Waals surface area contributed by atoms with Crippen LogP contribution in [0, 0.1) is 0 Å². The van der Waals surface area contributed by atoms with Gasteiger partial charge in [0.1, 0.15) is 12.0 Å². The molecule has 0 spiro atoms. The van der Waals surface area contributed by atoms with Crippen LogP contribution >= 0.6 is 0 Å². The maximum absolute atomic E-state index is 10.9. The number of rotatable bonds is 5. The Morgan fingerprint density at radius 1 is 1.13 bits per heavy atom. The smallest absolute Gasteiger partial charge is 0.143 e. The maximum atomic E-state index is 10.9. The zero-order valence-corrected chi connectivity index (χ0v) is 15.5. The summed E-state index contributed by atoms with van der Waals surface area (Å²) in [6, 6.07) is 4.49. The highest BCUT2D eigenvalue weighted by atomic mass is 16.5. The summed E-state index contributed by atoms with van der Waals surface area (Å²) in [7, 11) is 0. The van der Waals surface area contributed by atoms with Gasteiger partial charge in [-0.15, -0.1) is 0 Å². The number of carbonyl (C=O) groups excluding carboxylic acids is 1. The van der Waals surface area contributed by atoms with Crippen molar-refractivity contribution in [3.63, 3.8) is 0 Å². The zero-order valence-electron chi connectivity index (χ0n) is 15.5. The molecule has 0 radical (unpaired) electrons. The molecule has 1 aliphatic rings. The Kier molecular flexibility index (Phi) is 5.03. The molecule has 126 valence electrons. The minimum absolute atomic E-state index is 0.157. The molecular formula is C21H30O2. The SMILES string of the molecule is CCCOc1cc2c(cc1/C(C)=C/C=O)C(C)(C)CCC2(C)C. The molecule has 0 amide bonds. The lowest BCUT2D eigenvalue weighted by atomic mass is 9.62. The summed E-state index contributed by atoms with van der Waals surface area (Å²) in [4.78, 5) is 10.9. The summed E-state index contributed by atoms with van der Waals surface area (Å²) >= 11 is 0. The van der Waals surface area contributed by atoms with Crippen molar-refractivity contribution < 1.29 is 9.53 Å². The lowest BCUT2D eigenvalue weighted by Crippen LogP contribution is -2.34. The van der Waals surface area contributed by atoms with Crippen LogP contribution in [0.3, 0.4) is 0 Å². The van der Waals surface area contributed by atoms with Gasteiger partial charge in [-0.05, 0) is 71.9 Å². The fourth-order valence-corrected chi connectivity index (χ4v) is 3.43. The minimum Gasteiger partial charge on any atom is -0.493 e. The Hall–Kier alpha value is -1.57. The van der Waals surface area contributed by atoms with Crippen LogP contribution in [0.25, 0.3) is 5.57 Å². The van der Waals surface area contributed by atoms with E-state index in [4.69, 9.17) is 4.74 Å². The molecule has 0 N–H and O–H groups in total. The summed E-state index contributed by atoms with van der Waals surface area (Å²) in [5.41, 5.74) is 5.12. The lowest BCUT2D eigenvalue weighted by molar-refractivity contribution is -0.104. The van der Waals surface area contributed by atoms with Crippen LogP contribution in [-0.2, 0) is 15.6 Å². The van der Waals surface area contributed by atoms with Crippen LogP contribution < -0.4 is 4.74 Å². The molecule has 2 rings (SSSR count). The van der Waals surface area contributed by atoms with E-state index in [1.807, 2.05) is 6.92 Å². The van der Waals surface area contributed by atoms with E-state index < -0.39 is 0 Å². The average molecular weight is 314 g/mol. The van der Waals surface area contributed by atoms with Gasteiger partial charge in [-0.25, -0.2) is 0 Å². The van der Waals surface area contributed by atoms with Gasteiger partial charge in [0.2, 0.25) is 0 Å². The summed E-state index contributed by atoms with van der Waals surface area (Å²) in [5.74, 6) is 0.909. The van der Waals surface area contributed by atoms with Crippen LogP contribution in [0.5, 0.6) is 5.75 Å². The second-order valence-corrected chi connectivity index (χ2v) is 8.00. The third-order valence-corrected chi connectivity index (χ3v) is 5.16. The van der Waals surface area contributed by atoms with Gasteiger partial charge in [0.05, 0.1) is 6.61 Å². The second-order valence-electron chi connectivity index (χ2n) is 8.00. The van der Waals surface area contributed by atoms with E-state index in [1.165, 1.54) is 24.0 Å². The van der Waals surface area contributed by atoms with Crippen LogP contribution in [0.4, 0.5) is 0 Å². The zero-order chi connectivity index (χ0) is 17.3. The predicted octanol–water partition coefficient (Wildman–Crippen LogP) is 5.43. The maximum Gasteiger partial charge on any atom is 0.143 e. The molecular weight excluding hydrogens is 284 g/mol. The number of carbonyl (C=O) groups is 1. The second kappa shape index (κ2) is 6.51. The number of aldehydes is 1. The highest BCUT2D eigenvalue weighted by molar-refractivity contribution is 5.83. The third kappa shape index (κ3) is 3.52. The molecule has 2 heteroatoms. The van der Waals surface area contributed by atoms with Crippen LogP contribution in [0.1, 0.15) is 77.5 Å². The van der Waals surface area contributed by atoms with E-state index in [0.717, 1.165) is 29.6 Å². The van der Waals surface area contributed by atoms with Gasteiger partial charge < -0.3 is 4.74 Å². The molecule has 0 heterocycles. The summed E-state index contributed by atoms with van der Waals surface area (Å²) in [6.45, 7) is 14.1. The quantitative estimate of drug-likeness (QED) is 0.535. The van der Waals surface area contributed by atoms with E-state index in [2.05, 4.69) is 46.8 Å². The van der Waals surface area contributed by atoms with Gasteiger partial charge in [-0.2, -0.15) is 0 Å². The third-order valence-electron chi connectivity index (χ3n) is 5.16. The van der Waals surface area contributed by atoms with E-state index in [0.29, 0.717) is 6.61 Å². The number of hydrogen-bond acceptors (Lipinski definition) is 2. The van der Waals surface area contributed by atoms with Crippen molar-refractivity contribution >= 4 is 11.9 Å². The van der Waals surface area contributed by atoms with E-state index in [-0.39, 0.29) is 10.8 Å². The van der Waals surface area contributed by atoms with Gasteiger partial charge in [-0.1, -0.05) is 34.6 Å². The molecule has 1 aromatic carbocycles. The molecule has 0 saturated heterocycles. The summed E-state index contributed by atoms with van der Waals surface area (Å²) in [6.07, 6.45) is 5.82. The molecule has 0 saturated carbocycles. The largest absolute Gasteiger partial charge is 0.493 e. The molecule has 0 atom stereocenters. The predicted molar refractivity (Wildman–Crippen MR) is 97.2 cm³/mol. The molecule has 0 aliphatic heterocycles. The number of hydrogen-bond donors (Lipinski definition) is 0. The number of benzene rings is 1. The van der Waals surface area contributed by atoms with Crippen molar-refractivity contribution in [2.75, 3.05) is 6.61 Å². The molecule has 0 aromatic heterocycles. The molecule has 0 unspecified atom stereocenters. The molecule has 2 nitrogen and oxygen atoms in total. The molecule has 0 fully saturated rings. The van der Waals surface area contributed by atoms with Crippen LogP contribution in [0.2, 0.25) is 0 Å². The number of allylic oxidation sites excluding steroid dienone is 2. The Bertz CT molecular complexity index is 621. The lowest BCUT2D eigenvalue weighted by Gasteiger charge is -2.42. The Morgan fingerprint density at radius 3 is 2.22 bits per heavy atom. The van der Waals surface area contributed by atoms with Crippen molar-refractivity contribution in [2.24, 2.45) is 0 Å². The van der Waals surface area contributed by atoms with Crippen molar-refractivity contribution in [1.82, 2.24) is 0 Å². The Labute approximate surface area is 140 Å². The minimum atomic E-state index is 0.157. The van der Waals surface area contributed by atoms with Gasteiger partial charge in [0.15, 0.2) is 0 Å². The Balaban J connectivity index is 2.67. The van der Waals surface area contributed by atoms with Crippen molar-refractivity contribution in [2.45, 2.75) is 71.6 Å². The Morgan fingerprint density at radius 2 is 1.70 bits per heavy atom. The van der Waals surface area contributed by atoms with Gasteiger partial charge in [0, 0.05) is 5.56 Å².